The number of benzene rings is 2. The van der Waals surface area contributed by atoms with Crippen LogP contribution in [0.25, 0.3) is 21.9 Å². The van der Waals surface area contributed by atoms with Crippen molar-refractivity contribution in [3.8, 4) is 0 Å². The van der Waals surface area contributed by atoms with E-state index in [1.165, 1.54) is 0 Å². The van der Waals surface area contributed by atoms with Crippen molar-refractivity contribution in [1.29, 1.82) is 0 Å². The third kappa shape index (κ3) is 2.62. The summed E-state index contributed by atoms with van der Waals surface area (Å²) in [6.45, 7) is 0. The molecule has 2 heterocycles. The Morgan fingerprint density at radius 1 is 1.00 bits per heavy atom. The molecule has 0 unspecified atom stereocenters. The summed E-state index contributed by atoms with van der Waals surface area (Å²) in [5.41, 5.74) is 6.49. The summed E-state index contributed by atoms with van der Waals surface area (Å²) in [5, 5.41) is 4.34. The maximum Gasteiger partial charge on any atom is 0.291 e. The Morgan fingerprint density at radius 2 is 1.80 bits per heavy atom. The molecule has 4 aromatic rings. The summed E-state index contributed by atoms with van der Waals surface area (Å²) >= 11 is 6.00. The molecule has 0 aliphatic carbocycles. The number of amides is 2. The number of nitrogens with one attached hydrogen (secondary N) is 1. The molecule has 0 saturated carbocycles. The molecule has 0 radical (unpaired) electrons. The topological polar surface area (TPSA) is 98.5 Å². The van der Waals surface area contributed by atoms with E-state index in [9.17, 15) is 9.59 Å². The zero-order valence-corrected chi connectivity index (χ0v) is 13.5. The van der Waals surface area contributed by atoms with Gasteiger partial charge >= 0.3 is 0 Å². The second-order valence-corrected chi connectivity index (χ2v) is 5.85. The van der Waals surface area contributed by atoms with Gasteiger partial charge in [0, 0.05) is 15.8 Å². The first-order valence-corrected chi connectivity index (χ1v) is 7.72. The van der Waals surface area contributed by atoms with Crippen LogP contribution < -0.4 is 11.1 Å². The molecule has 6 nitrogen and oxygen atoms in total. The fraction of sp³-hybridized carbons (Fsp3) is 0. The van der Waals surface area contributed by atoms with Gasteiger partial charge in [0.15, 0.2) is 5.76 Å². The number of halogens is 1. The third-order valence-electron chi connectivity index (χ3n) is 3.76. The van der Waals surface area contributed by atoms with Crippen LogP contribution in [0.1, 0.15) is 21.1 Å². The first-order chi connectivity index (χ1) is 12.0. The number of rotatable bonds is 3. The van der Waals surface area contributed by atoms with Gasteiger partial charge in [0.1, 0.15) is 16.9 Å². The van der Waals surface area contributed by atoms with Gasteiger partial charge in [-0.15, -0.1) is 0 Å². The monoisotopic (exact) mass is 354 g/mol. The highest BCUT2D eigenvalue weighted by Gasteiger charge is 2.22. The average Bonchev–Trinajstić information content (AvgIpc) is 3.16. The predicted molar refractivity (Wildman–Crippen MR) is 93.9 cm³/mol. The minimum atomic E-state index is -0.799. The van der Waals surface area contributed by atoms with Crippen molar-refractivity contribution >= 4 is 51.0 Å². The Balaban J connectivity index is 1.78. The van der Waals surface area contributed by atoms with Crippen LogP contribution in [0.5, 0.6) is 0 Å². The van der Waals surface area contributed by atoms with Gasteiger partial charge in [0.05, 0.1) is 0 Å². The highest BCUT2D eigenvalue weighted by atomic mass is 35.5. The number of anilines is 1. The molecule has 124 valence electrons. The van der Waals surface area contributed by atoms with E-state index in [2.05, 4.69) is 5.32 Å². The molecule has 0 fully saturated rings. The van der Waals surface area contributed by atoms with Gasteiger partial charge in [-0.05, 0) is 30.3 Å². The quantitative estimate of drug-likeness (QED) is 0.576. The molecule has 0 atom stereocenters. The Morgan fingerprint density at radius 3 is 2.56 bits per heavy atom. The number of carbonyl (C=O) groups excluding carboxylic acids is 2. The SMILES string of the molecule is NC(=O)c1oc2ccc(Cl)cc2c1NC(=O)c1cc2ccccc2o1. The van der Waals surface area contributed by atoms with Crippen LogP contribution in [0.4, 0.5) is 5.69 Å². The van der Waals surface area contributed by atoms with E-state index in [1.54, 1.807) is 30.3 Å². The molecule has 0 aliphatic heterocycles. The van der Waals surface area contributed by atoms with Gasteiger partial charge in [-0.2, -0.15) is 0 Å². The number of nitrogens with two attached hydrogens (primary N) is 1. The molecular formula is C18H11ClN2O4. The fourth-order valence-corrected chi connectivity index (χ4v) is 2.81. The minimum absolute atomic E-state index is 0.105. The minimum Gasteiger partial charge on any atom is -0.451 e. The summed E-state index contributed by atoms with van der Waals surface area (Å²) in [4.78, 5) is 24.2. The van der Waals surface area contributed by atoms with E-state index in [1.807, 2.05) is 18.2 Å². The van der Waals surface area contributed by atoms with Crippen molar-refractivity contribution in [3.63, 3.8) is 0 Å². The zero-order valence-electron chi connectivity index (χ0n) is 12.7. The smallest absolute Gasteiger partial charge is 0.291 e. The molecule has 2 amide bonds. The molecule has 0 aliphatic rings. The van der Waals surface area contributed by atoms with E-state index >= 15 is 0 Å². The number of fused-ring (bicyclic) bond motifs is 2. The van der Waals surface area contributed by atoms with E-state index < -0.39 is 11.8 Å². The van der Waals surface area contributed by atoms with Gasteiger partial charge in [0.2, 0.25) is 5.76 Å². The van der Waals surface area contributed by atoms with E-state index in [-0.39, 0.29) is 17.2 Å². The Bertz CT molecular complexity index is 1110. The number of carbonyl (C=O) groups is 2. The number of furan rings is 2. The summed E-state index contributed by atoms with van der Waals surface area (Å²) in [6.07, 6.45) is 0. The van der Waals surface area contributed by atoms with Gasteiger partial charge in [-0.25, -0.2) is 0 Å². The van der Waals surface area contributed by atoms with Crippen LogP contribution in [0.3, 0.4) is 0 Å². The number of hydrogen-bond donors (Lipinski definition) is 2. The van der Waals surface area contributed by atoms with E-state index in [0.29, 0.717) is 21.6 Å². The molecule has 2 aromatic heterocycles. The largest absolute Gasteiger partial charge is 0.451 e. The molecule has 7 heteroatoms. The summed E-state index contributed by atoms with van der Waals surface area (Å²) in [5.74, 6) is -1.37. The average molecular weight is 355 g/mol. The molecule has 25 heavy (non-hydrogen) atoms. The van der Waals surface area contributed by atoms with E-state index in [0.717, 1.165) is 5.39 Å². The van der Waals surface area contributed by atoms with Gasteiger partial charge < -0.3 is 19.9 Å². The van der Waals surface area contributed by atoms with Crippen molar-refractivity contribution in [2.24, 2.45) is 5.73 Å². The summed E-state index contributed by atoms with van der Waals surface area (Å²) in [6, 6.07) is 13.7. The van der Waals surface area contributed by atoms with Crippen molar-refractivity contribution in [3.05, 3.63) is 65.1 Å². The van der Waals surface area contributed by atoms with Crippen LogP contribution >= 0.6 is 11.6 Å². The van der Waals surface area contributed by atoms with Crippen LogP contribution in [0, 0.1) is 0 Å². The third-order valence-corrected chi connectivity index (χ3v) is 4.00. The number of primary amides is 1. The molecule has 4 rings (SSSR count). The van der Waals surface area contributed by atoms with Crippen LogP contribution in [-0.2, 0) is 0 Å². The zero-order chi connectivity index (χ0) is 17.6. The molecular weight excluding hydrogens is 344 g/mol. The lowest BCUT2D eigenvalue weighted by Crippen LogP contribution is -2.16. The lowest BCUT2D eigenvalue weighted by molar-refractivity contribution is 0.0977. The van der Waals surface area contributed by atoms with Gasteiger partial charge in [0.25, 0.3) is 11.8 Å². The lowest BCUT2D eigenvalue weighted by atomic mass is 10.2. The van der Waals surface area contributed by atoms with Crippen molar-refractivity contribution in [1.82, 2.24) is 0 Å². The van der Waals surface area contributed by atoms with Crippen molar-refractivity contribution in [2.75, 3.05) is 5.32 Å². The molecule has 0 spiro atoms. The van der Waals surface area contributed by atoms with Crippen LogP contribution in [0.2, 0.25) is 5.02 Å². The number of hydrogen-bond acceptors (Lipinski definition) is 4. The predicted octanol–water partition coefficient (Wildman–Crippen LogP) is 4.18. The van der Waals surface area contributed by atoms with Crippen LogP contribution in [0.15, 0.2) is 57.4 Å². The summed E-state index contributed by atoms with van der Waals surface area (Å²) < 4.78 is 11.0. The maximum absolute atomic E-state index is 12.6. The second-order valence-electron chi connectivity index (χ2n) is 5.41. The first-order valence-electron chi connectivity index (χ1n) is 7.35. The standard InChI is InChI=1S/C18H11ClN2O4/c19-10-5-6-13-11(8-10)15(16(25-13)17(20)22)21-18(23)14-7-9-3-1-2-4-12(9)24-14/h1-8H,(H2,20,22)(H,21,23). The Kier molecular flexibility index (Phi) is 3.47. The fourth-order valence-electron chi connectivity index (χ4n) is 2.64. The first kappa shape index (κ1) is 15.3. The molecule has 3 N–H and O–H groups in total. The molecule has 0 bridgehead atoms. The molecule has 2 aromatic carbocycles. The normalized spacial score (nSPS) is 11.1. The Labute approximate surface area is 146 Å². The van der Waals surface area contributed by atoms with Crippen LogP contribution in [-0.4, -0.2) is 11.8 Å². The molecule has 0 saturated heterocycles. The lowest BCUT2D eigenvalue weighted by Gasteiger charge is -2.02. The van der Waals surface area contributed by atoms with Crippen molar-refractivity contribution in [2.45, 2.75) is 0 Å². The second kappa shape index (κ2) is 5.68. The number of para-hydroxylation sites is 1. The highest BCUT2D eigenvalue weighted by molar-refractivity contribution is 6.31. The summed E-state index contributed by atoms with van der Waals surface area (Å²) in [7, 11) is 0. The van der Waals surface area contributed by atoms with Crippen molar-refractivity contribution < 1.29 is 18.4 Å². The highest BCUT2D eigenvalue weighted by Crippen LogP contribution is 2.33. The van der Waals surface area contributed by atoms with Gasteiger partial charge in [-0.3, -0.25) is 9.59 Å². The maximum atomic E-state index is 12.6. The Hall–Kier alpha value is -3.25. The van der Waals surface area contributed by atoms with Gasteiger partial charge in [-0.1, -0.05) is 29.8 Å². The van der Waals surface area contributed by atoms with E-state index in [4.69, 9.17) is 26.2 Å².